The minimum absolute atomic E-state index is 0.194. The van der Waals surface area contributed by atoms with Crippen LogP contribution in [0.25, 0.3) is 10.2 Å². The second kappa shape index (κ2) is 6.12. The number of aryl methyl sites for hydroxylation is 2. The molecule has 0 N–H and O–H groups in total. The lowest BCUT2D eigenvalue weighted by Crippen LogP contribution is -1.91. The van der Waals surface area contributed by atoms with Gasteiger partial charge in [-0.15, -0.1) is 23.1 Å². The zero-order valence-electron chi connectivity index (χ0n) is 11.9. The Morgan fingerprint density at radius 3 is 2.86 bits per heavy atom. The van der Waals surface area contributed by atoms with Gasteiger partial charge in [0.25, 0.3) is 0 Å². The summed E-state index contributed by atoms with van der Waals surface area (Å²) in [5.41, 5.74) is 0.968. The SMILES string of the molecule is CCc1cc2c(SCc3cccc(F)c3)nc(C)nc2s1. The maximum absolute atomic E-state index is 13.2. The molecule has 21 heavy (non-hydrogen) atoms. The molecule has 2 aromatic heterocycles. The van der Waals surface area contributed by atoms with Crippen molar-refractivity contribution in [2.24, 2.45) is 0 Å². The fraction of sp³-hybridized carbons (Fsp3) is 0.250. The summed E-state index contributed by atoms with van der Waals surface area (Å²) in [4.78, 5) is 11.4. The molecule has 5 heteroatoms. The Labute approximate surface area is 131 Å². The van der Waals surface area contributed by atoms with E-state index < -0.39 is 0 Å². The molecule has 0 atom stereocenters. The Morgan fingerprint density at radius 1 is 1.24 bits per heavy atom. The van der Waals surface area contributed by atoms with Gasteiger partial charge in [-0.05, 0) is 37.1 Å². The minimum Gasteiger partial charge on any atom is -0.226 e. The number of aromatic nitrogens is 2. The Balaban J connectivity index is 1.90. The van der Waals surface area contributed by atoms with Crippen LogP contribution in [-0.2, 0) is 12.2 Å². The lowest BCUT2D eigenvalue weighted by molar-refractivity contribution is 0.626. The van der Waals surface area contributed by atoms with Gasteiger partial charge in [-0.2, -0.15) is 0 Å². The first-order valence-corrected chi connectivity index (χ1v) is 8.60. The molecule has 3 rings (SSSR count). The van der Waals surface area contributed by atoms with Crippen molar-refractivity contribution in [3.8, 4) is 0 Å². The van der Waals surface area contributed by atoms with E-state index in [1.165, 1.54) is 10.9 Å². The maximum Gasteiger partial charge on any atom is 0.128 e. The van der Waals surface area contributed by atoms with Crippen molar-refractivity contribution in [2.75, 3.05) is 0 Å². The molecule has 0 fully saturated rings. The number of thiophene rings is 1. The molecule has 0 bridgehead atoms. The lowest BCUT2D eigenvalue weighted by atomic mass is 10.2. The van der Waals surface area contributed by atoms with E-state index in [0.717, 1.165) is 33.1 Å². The lowest BCUT2D eigenvalue weighted by Gasteiger charge is -2.04. The quantitative estimate of drug-likeness (QED) is 0.500. The summed E-state index contributed by atoms with van der Waals surface area (Å²) in [6, 6.07) is 8.89. The highest BCUT2D eigenvalue weighted by Gasteiger charge is 2.10. The number of hydrogen-bond acceptors (Lipinski definition) is 4. The predicted molar refractivity (Wildman–Crippen MR) is 87.5 cm³/mol. The van der Waals surface area contributed by atoms with E-state index in [-0.39, 0.29) is 5.82 Å². The van der Waals surface area contributed by atoms with Crippen LogP contribution in [0.1, 0.15) is 23.2 Å². The van der Waals surface area contributed by atoms with E-state index in [0.29, 0.717) is 5.75 Å². The molecule has 108 valence electrons. The van der Waals surface area contributed by atoms with Gasteiger partial charge in [0, 0.05) is 16.0 Å². The normalized spacial score (nSPS) is 11.2. The summed E-state index contributed by atoms with van der Waals surface area (Å²) < 4.78 is 13.2. The number of rotatable bonds is 4. The highest BCUT2D eigenvalue weighted by Crippen LogP contribution is 2.33. The summed E-state index contributed by atoms with van der Waals surface area (Å²) >= 11 is 3.36. The Kier molecular flexibility index (Phi) is 4.22. The third kappa shape index (κ3) is 3.24. The fourth-order valence-electron chi connectivity index (χ4n) is 2.11. The van der Waals surface area contributed by atoms with E-state index in [1.54, 1.807) is 35.2 Å². The van der Waals surface area contributed by atoms with Crippen molar-refractivity contribution in [3.63, 3.8) is 0 Å². The van der Waals surface area contributed by atoms with Gasteiger partial charge in [0.2, 0.25) is 0 Å². The van der Waals surface area contributed by atoms with Crippen LogP contribution >= 0.6 is 23.1 Å². The molecule has 0 aliphatic heterocycles. The highest BCUT2D eigenvalue weighted by atomic mass is 32.2. The monoisotopic (exact) mass is 318 g/mol. The summed E-state index contributed by atoms with van der Waals surface area (Å²) in [5.74, 6) is 1.30. The van der Waals surface area contributed by atoms with E-state index in [2.05, 4.69) is 23.0 Å². The second-order valence-electron chi connectivity index (χ2n) is 4.78. The number of hydrogen-bond donors (Lipinski definition) is 0. The van der Waals surface area contributed by atoms with Crippen LogP contribution in [0.15, 0.2) is 35.4 Å². The first-order chi connectivity index (χ1) is 10.2. The molecule has 0 saturated carbocycles. The summed E-state index contributed by atoms with van der Waals surface area (Å²) in [7, 11) is 0. The Hall–Kier alpha value is -1.46. The predicted octanol–water partition coefficient (Wildman–Crippen LogP) is 4.99. The smallest absolute Gasteiger partial charge is 0.128 e. The molecule has 0 amide bonds. The van der Waals surface area contributed by atoms with Crippen LogP contribution in [0, 0.1) is 12.7 Å². The Bertz CT molecular complexity index is 783. The molecule has 3 aromatic rings. The summed E-state index contributed by atoms with van der Waals surface area (Å²) in [5, 5.41) is 2.10. The first kappa shape index (κ1) is 14.5. The van der Waals surface area contributed by atoms with E-state index in [1.807, 2.05) is 13.0 Å². The van der Waals surface area contributed by atoms with Crippen molar-refractivity contribution in [1.82, 2.24) is 9.97 Å². The van der Waals surface area contributed by atoms with Gasteiger partial charge < -0.3 is 0 Å². The molecule has 0 saturated heterocycles. The number of nitrogens with zero attached hydrogens (tertiary/aromatic N) is 2. The molecule has 0 aliphatic rings. The molecule has 0 spiro atoms. The van der Waals surface area contributed by atoms with E-state index >= 15 is 0 Å². The number of benzene rings is 1. The number of halogens is 1. The average molecular weight is 318 g/mol. The van der Waals surface area contributed by atoms with E-state index in [4.69, 9.17) is 0 Å². The zero-order valence-corrected chi connectivity index (χ0v) is 13.5. The third-order valence-electron chi connectivity index (χ3n) is 3.13. The highest BCUT2D eigenvalue weighted by molar-refractivity contribution is 7.98. The van der Waals surface area contributed by atoms with Crippen molar-refractivity contribution in [1.29, 1.82) is 0 Å². The minimum atomic E-state index is -0.194. The molecule has 2 nitrogen and oxygen atoms in total. The number of thioether (sulfide) groups is 1. The zero-order chi connectivity index (χ0) is 14.8. The van der Waals surface area contributed by atoms with Crippen molar-refractivity contribution in [2.45, 2.75) is 31.0 Å². The van der Waals surface area contributed by atoms with E-state index in [9.17, 15) is 4.39 Å². The average Bonchev–Trinajstić information content (AvgIpc) is 2.87. The molecule has 0 radical (unpaired) electrons. The van der Waals surface area contributed by atoms with Crippen LogP contribution in [0.5, 0.6) is 0 Å². The molecule has 1 aromatic carbocycles. The number of fused-ring (bicyclic) bond motifs is 1. The van der Waals surface area contributed by atoms with Crippen LogP contribution < -0.4 is 0 Å². The van der Waals surface area contributed by atoms with Gasteiger partial charge in [0.15, 0.2) is 0 Å². The second-order valence-corrected chi connectivity index (χ2v) is 6.86. The van der Waals surface area contributed by atoms with Crippen molar-refractivity contribution >= 4 is 33.3 Å². The standard InChI is InChI=1S/C16H15FN2S2/c1-3-13-8-14-15(18-10(2)19-16(14)21-13)20-9-11-5-4-6-12(17)7-11/h4-8H,3,9H2,1-2H3. The largest absolute Gasteiger partial charge is 0.226 e. The molecule has 0 unspecified atom stereocenters. The maximum atomic E-state index is 13.2. The van der Waals surface area contributed by atoms with Gasteiger partial charge in [-0.1, -0.05) is 19.1 Å². The molecule has 0 aliphatic carbocycles. The van der Waals surface area contributed by atoms with Gasteiger partial charge >= 0.3 is 0 Å². The summed E-state index contributed by atoms with van der Waals surface area (Å²) in [6.45, 7) is 4.06. The topological polar surface area (TPSA) is 25.8 Å². The molecule has 2 heterocycles. The fourth-order valence-corrected chi connectivity index (χ4v) is 4.18. The van der Waals surface area contributed by atoms with Gasteiger partial charge in [-0.25, -0.2) is 14.4 Å². The van der Waals surface area contributed by atoms with Crippen LogP contribution in [0.2, 0.25) is 0 Å². The molecular formula is C16H15FN2S2. The van der Waals surface area contributed by atoms with Crippen LogP contribution in [-0.4, -0.2) is 9.97 Å². The third-order valence-corrected chi connectivity index (χ3v) is 5.37. The Morgan fingerprint density at radius 2 is 2.10 bits per heavy atom. The van der Waals surface area contributed by atoms with Gasteiger partial charge in [0.1, 0.15) is 21.5 Å². The van der Waals surface area contributed by atoms with Crippen LogP contribution in [0.4, 0.5) is 4.39 Å². The van der Waals surface area contributed by atoms with Crippen molar-refractivity contribution in [3.05, 3.63) is 52.4 Å². The van der Waals surface area contributed by atoms with Crippen LogP contribution in [0.3, 0.4) is 0 Å². The van der Waals surface area contributed by atoms with Crippen molar-refractivity contribution < 1.29 is 4.39 Å². The van der Waals surface area contributed by atoms with Gasteiger partial charge in [-0.3, -0.25) is 0 Å². The first-order valence-electron chi connectivity index (χ1n) is 6.80. The van der Waals surface area contributed by atoms with Gasteiger partial charge in [0.05, 0.1) is 0 Å². The molecular weight excluding hydrogens is 303 g/mol. The summed E-state index contributed by atoms with van der Waals surface area (Å²) in [6.07, 6.45) is 1.01.